The Labute approximate surface area is 170 Å². The highest BCUT2D eigenvalue weighted by molar-refractivity contribution is 5.96. The second-order valence-corrected chi connectivity index (χ2v) is 7.32. The van der Waals surface area contributed by atoms with Gasteiger partial charge < -0.3 is 9.32 Å². The largest absolute Gasteiger partial charge is 0.467 e. The fourth-order valence-electron chi connectivity index (χ4n) is 3.63. The van der Waals surface area contributed by atoms with Crippen molar-refractivity contribution >= 4 is 23.3 Å². The van der Waals surface area contributed by atoms with Gasteiger partial charge in [0.2, 0.25) is 5.91 Å². The van der Waals surface area contributed by atoms with Crippen LogP contribution in [0.2, 0.25) is 0 Å². The van der Waals surface area contributed by atoms with Crippen molar-refractivity contribution in [3.8, 4) is 0 Å². The summed E-state index contributed by atoms with van der Waals surface area (Å²) in [6.45, 7) is 6.30. The van der Waals surface area contributed by atoms with Gasteiger partial charge in [0.1, 0.15) is 17.2 Å². The first-order valence-electron chi connectivity index (χ1n) is 9.91. The van der Waals surface area contributed by atoms with E-state index in [-0.39, 0.29) is 17.7 Å². The number of carbonyl (C=O) groups excluding carboxylic acids is 2. The third-order valence-electron chi connectivity index (χ3n) is 5.31. The highest BCUT2D eigenvalue weighted by Gasteiger charge is 2.24. The van der Waals surface area contributed by atoms with E-state index >= 15 is 0 Å². The summed E-state index contributed by atoms with van der Waals surface area (Å²) in [5, 5.41) is 0. The molecule has 2 amide bonds. The Balaban J connectivity index is 1.93. The van der Waals surface area contributed by atoms with Crippen LogP contribution >= 0.6 is 0 Å². The van der Waals surface area contributed by atoms with Gasteiger partial charge in [-0.15, -0.1) is 0 Å². The van der Waals surface area contributed by atoms with Gasteiger partial charge in [-0.05, 0) is 44.0 Å². The molecule has 3 aromatic rings. The predicted molar refractivity (Wildman–Crippen MR) is 112 cm³/mol. The first kappa shape index (κ1) is 20.6. The van der Waals surface area contributed by atoms with Crippen LogP contribution in [0.5, 0.6) is 0 Å². The number of hydrogen-bond donors (Lipinski definition) is 0. The molecular formula is C22H28N4O3. The van der Waals surface area contributed by atoms with Crippen LogP contribution in [-0.4, -0.2) is 40.2 Å². The van der Waals surface area contributed by atoms with Crippen LogP contribution < -0.4 is 4.90 Å². The Morgan fingerprint density at radius 3 is 2.52 bits per heavy atom. The van der Waals surface area contributed by atoms with Gasteiger partial charge in [0.15, 0.2) is 0 Å². The highest BCUT2D eigenvalue weighted by Crippen LogP contribution is 2.25. The molecule has 0 unspecified atom stereocenters. The number of rotatable bonds is 7. The van der Waals surface area contributed by atoms with E-state index in [9.17, 15) is 9.59 Å². The molecule has 29 heavy (non-hydrogen) atoms. The van der Waals surface area contributed by atoms with Crippen molar-refractivity contribution in [2.45, 2.75) is 40.2 Å². The first-order chi connectivity index (χ1) is 13.9. The molecule has 154 valence electrons. The number of nitrogens with zero attached hydrogens (tertiary/aromatic N) is 4. The van der Waals surface area contributed by atoms with Crippen molar-refractivity contribution in [3.05, 3.63) is 53.7 Å². The molecule has 0 aromatic carbocycles. The van der Waals surface area contributed by atoms with E-state index in [1.54, 1.807) is 54.6 Å². The van der Waals surface area contributed by atoms with Gasteiger partial charge >= 0.3 is 0 Å². The average Bonchev–Trinajstić information content (AvgIpc) is 3.33. The number of anilines is 1. The number of hydrogen-bond acceptors (Lipinski definition) is 4. The van der Waals surface area contributed by atoms with Gasteiger partial charge in [-0.2, -0.15) is 0 Å². The third-order valence-corrected chi connectivity index (χ3v) is 5.31. The Bertz CT molecular complexity index is 1000. The lowest BCUT2D eigenvalue weighted by Crippen LogP contribution is -2.33. The molecule has 0 saturated heterocycles. The molecule has 3 aromatic heterocycles. The lowest BCUT2D eigenvalue weighted by atomic mass is 10.0. The summed E-state index contributed by atoms with van der Waals surface area (Å²) < 4.78 is 7.15. The Kier molecular flexibility index (Phi) is 6.06. The SMILES string of the molecule is CCC(CC)C(=O)N(C)c1c(C)nc2ccc(C(=O)N(C)Cc3ccco3)cn12. The molecule has 0 spiro atoms. The van der Waals surface area contributed by atoms with Crippen LogP contribution in [0, 0.1) is 12.8 Å². The highest BCUT2D eigenvalue weighted by atomic mass is 16.3. The predicted octanol–water partition coefficient (Wildman–Crippen LogP) is 3.91. The summed E-state index contributed by atoms with van der Waals surface area (Å²) in [5.74, 6) is 1.31. The van der Waals surface area contributed by atoms with Crippen LogP contribution in [-0.2, 0) is 11.3 Å². The molecule has 0 radical (unpaired) electrons. The minimum absolute atomic E-state index is 0.0332. The zero-order valence-corrected chi connectivity index (χ0v) is 17.7. The Hall–Kier alpha value is -3.09. The van der Waals surface area contributed by atoms with E-state index < -0.39 is 0 Å². The van der Waals surface area contributed by atoms with Crippen molar-refractivity contribution < 1.29 is 14.0 Å². The normalized spacial score (nSPS) is 11.2. The van der Waals surface area contributed by atoms with Gasteiger partial charge in [-0.3, -0.25) is 18.9 Å². The zero-order chi connectivity index (χ0) is 21.1. The van der Waals surface area contributed by atoms with Crippen molar-refractivity contribution in [1.29, 1.82) is 0 Å². The van der Waals surface area contributed by atoms with E-state index in [1.807, 2.05) is 31.2 Å². The van der Waals surface area contributed by atoms with Crippen LogP contribution in [0.4, 0.5) is 5.82 Å². The van der Waals surface area contributed by atoms with Crippen LogP contribution in [0.1, 0.15) is 48.5 Å². The van der Waals surface area contributed by atoms with Gasteiger partial charge in [0, 0.05) is 26.2 Å². The quantitative estimate of drug-likeness (QED) is 0.607. The number of carbonyl (C=O) groups is 2. The van der Waals surface area contributed by atoms with Gasteiger partial charge in [0.25, 0.3) is 5.91 Å². The number of amides is 2. The van der Waals surface area contributed by atoms with Gasteiger partial charge in [-0.25, -0.2) is 4.98 Å². The lowest BCUT2D eigenvalue weighted by molar-refractivity contribution is -0.122. The molecule has 0 aliphatic carbocycles. The molecule has 0 atom stereocenters. The standard InChI is InChI=1S/C22H28N4O3/c1-6-16(7-2)22(28)25(5)20-15(3)23-19-11-10-17(13-26(19)20)21(27)24(4)14-18-9-8-12-29-18/h8-13,16H,6-7,14H2,1-5H3. The van der Waals surface area contributed by atoms with Gasteiger partial charge in [-0.1, -0.05) is 13.8 Å². The first-order valence-corrected chi connectivity index (χ1v) is 9.91. The van der Waals surface area contributed by atoms with Crippen molar-refractivity contribution in [3.63, 3.8) is 0 Å². The maximum absolute atomic E-state index is 12.9. The molecule has 7 nitrogen and oxygen atoms in total. The maximum Gasteiger partial charge on any atom is 0.255 e. The topological polar surface area (TPSA) is 71.1 Å². The average molecular weight is 396 g/mol. The number of aromatic nitrogens is 2. The minimum Gasteiger partial charge on any atom is -0.467 e. The fraction of sp³-hybridized carbons (Fsp3) is 0.409. The van der Waals surface area contributed by atoms with E-state index in [4.69, 9.17) is 4.42 Å². The van der Waals surface area contributed by atoms with Gasteiger partial charge in [0.05, 0.1) is 24.1 Å². The molecule has 0 bridgehead atoms. The van der Waals surface area contributed by atoms with Crippen LogP contribution in [0.25, 0.3) is 5.65 Å². The molecule has 0 aliphatic rings. The van der Waals surface area contributed by atoms with Crippen molar-refractivity contribution in [2.75, 3.05) is 19.0 Å². The monoisotopic (exact) mass is 396 g/mol. The summed E-state index contributed by atoms with van der Waals surface area (Å²) in [7, 11) is 3.51. The summed E-state index contributed by atoms with van der Waals surface area (Å²) in [5.41, 5.74) is 1.97. The summed E-state index contributed by atoms with van der Waals surface area (Å²) in [6.07, 6.45) is 4.92. The molecule has 7 heteroatoms. The number of fused-ring (bicyclic) bond motifs is 1. The van der Waals surface area contributed by atoms with E-state index in [1.165, 1.54) is 0 Å². The molecule has 0 fully saturated rings. The second-order valence-electron chi connectivity index (χ2n) is 7.32. The number of pyridine rings is 1. The smallest absolute Gasteiger partial charge is 0.255 e. The molecule has 0 aliphatic heterocycles. The zero-order valence-electron chi connectivity index (χ0n) is 17.7. The lowest BCUT2D eigenvalue weighted by Gasteiger charge is -2.23. The summed E-state index contributed by atoms with van der Waals surface area (Å²) in [4.78, 5) is 33.6. The van der Waals surface area contributed by atoms with Crippen LogP contribution in [0.3, 0.4) is 0 Å². The molecule has 3 heterocycles. The number of imidazole rings is 1. The Morgan fingerprint density at radius 2 is 1.90 bits per heavy atom. The number of aryl methyl sites for hydroxylation is 1. The Morgan fingerprint density at radius 1 is 1.17 bits per heavy atom. The molecule has 0 saturated carbocycles. The number of furan rings is 1. The van der Waals surface area contributed by atoms with E-state index in [2.05, 4.69) is 4.98 Å². The third kappa shape index (κ3) is 4.04. The fourth-order valence-corrected chi connectivity index (χ4v) is 3.63. The minimum atomic E-state index is -0.130. The molecular weight excluding hydrogens is 368 g/mol. The van der Waals surface area contributed by atoms with Crippen molar-refractivity contribution in [2.24, 2.45) is 5.92 Å². The van der Waals surface area contributed by atoms with E-state index in [0.717, 1.165) is 24.3 Å². The van der Waals surface area contributed by atoms with Crippen LogP contribution in [0.15, 0.2) is 41.1 Å². The summed E-state index contributed by atoms with van der Waals surface area (Å²) >= 11 is 0. The summed E-state index contributed by atoms with van der Waals surface area (Å²) in [6, 6.07) is 7.20. The molecule has 3 rings (SSSR count). The second kappa shape index (κ2) is 8.51. The van der Waals surface area contributed by atoms with E-state index in [0.29, 0.717) is 23.6 Å². The molecule has 0 N–H and O–H groups in total. The van der Waals surface area contributed by atoms with Crippen molar-refractivity contribution in [1.82, 2.24) is 14.3 Å². The maximum atomic E-state index is 12.9.